The molecule has 0 radical (unpaired) electrons. The van der Waals surface area contributed by atoms with Crippen LogP contribution in [0.5, 0.6) is 0 Å². The SMILES string of the molecule is CC1CN(C(=O)CN(C)C2CC2)C(C)CN1C(=O)CN(C)C1CC1. The van der Waals surface area contributed by atoms with E-state index in [0.717, 1.165) is 0 Å². The highest BCUT2D eigenvalue weighted by molar-refractivity contribution is 5.81. The molecule has 2 unspecified atom stereocenters. The molecule has 6 nitrogen and oxygen atoms in total. The van der Waals surface area contributed by atoms with E-state index < -0.39 is 0 Å². The lowest BCUT2D eigenvalue weighted by Crippen LogP contribution is -2.61. The zero-order chi connectivity index (χ0) is 17.4. The van der Waals surface area contributed by atoms with Crippen LogP contribution in [0.25, 0.3) is 0 Å². The molecule has 3 aliphatic rings. The van der Waals surface area contributed by atoms with Gasteiger partial charge in [-0.25, -0.2) is 0 Å². The average molecular weight is 336 g/mol. The van der Waals surface area contributed by atoms with Crippen molar-refractivity contribution in [1.82, 2.24) is 19.6 Å². The zero-order valence-electron chi connectivity index (χ0n) is 15.6. The van der Waals surface area contributed by atoms with Gasteiger partial charge in [0, 0.05) is 37.3 Å². The fraction of sp³-hybridized carbons (Fsp3) is 0.889. The summed E-state index contributed by atoms with van der Waals surface area (Å²) in [6, 6.07) is 1.39. The third-order valence-electron chi connectivity index (χ3n) is 5.74. The number of rotatable bonds is 6. The minimum atomic E-state index is 0.0940. The van der Waals surface area contributed by atoms with E-state index in [2.05, 4.69) is 23.6 Å². The molecule has 2 atom stereocenters. The van der Waals surface area contributed by atoms with Crippen LogP contribution in [0.4, 0.5) is 0 Å². The van der Waals surface area contributed by atoms with Crippen LogP contribution in [0, 0.1) is 0 Å². The normalized spacial score (nSPS) is 27.9. The fourth-order valence-corrected chi connectivity index (χ4v) is 3.72. The zero-order valence-corrected chi connectivity index (χ0v) is 15.6. The Morgan fingerprint density at radius 2 is 1.12 bits per heavy atom. The Labute approximate surface area is 145 Å². The average Bonchev–Trinajstić information content (AvgIpc) is 3.40. The number of amides is 2. The molecule has 2 amide bonds. The molecule has 0 aromatic carbocycles. The Hall–Kier alpha value is -1.14. The van der Waals surface area contributed by atoms with Crippen molar-refractivity contribution in [2.45, 2.75) is 63.7 Å². The molecular formula is C18H32N4O2. The summed E-state index contributed by atoms with van der Waals surface area (Å²) in [5, 5.41) is 0. The number of nitrogens with zero attached hydrogens (tertiary/aromatic N) is 4. The minimum absolute atomic E-state index is 0.0940. The molecule has 6 heteroatoms. The number of carbonyl (C=O) groups is 2. The molecular weight excluding hydrogens is 304 g/mol. The first-order chi connectivity index (χ1) is 11.4. The Bertz CT molecular complexity index is 445. The van der Waals surface area contributed by atoms with Crippen molar-refractivity contribution >= 4 is 11.8 Å². The van der Waals surface area contributed by atoms with Crippen LogP contribution >= 0.6 is 0 Å². The second-order valence-corrected chi connectivity index (χ2v) is 8.08. The van der Waals surface area contributed by atoms with E-state index >= 15 is 0 Å². The maximum absolute atomic E-state index is 12.6. The second kappa shape index (κ2) is 7.00. The number of piperazine rings is 1. The first-order valence-electron chi connectivity index (χ1n) is 9.36. The predicted molar refractivity (Wildman–Crippen MR) is 93.7 cm³/mol. The lowest BCUT2D eigenvalue weighted by molar-refractivity contribution is -0.146. The Morgan fingerprint density at radius 3 is 1.42 bits per heavy atom. The Balaban J connectivity index is 1.52. The largest absolute Gasteiger partial charge is 0.335 e. The monoisotopic (exact) mass is 336 g/mol. The first-order valence-corrected chi connectivity index (χ1v) is 9.36. The van der Waals surface area contributed by atoms with Gasteiger partial charge in [-0.05, 0) is 53.6 Å². The molecule has 1 aliphatic heterocycles. The van der Waals surface area contributed by atoms with Gasteiger partial charge in [0.15, 0.2) is 0 Å². The van der Waals surface area contributed by atoms with Crippen LogP contribution in [0.15, 0.2) is 0 Å². The molecule has 1 saturated heterocycles. The van der Waals surface area contributed by atoms with Crippen molar-refractivity contribution in [3.8, 4) is 0 Å². The molecule has 24 heavy (non-hydrogen) atoms. The van der Waals surface area contributed by atoms with Gasteiger partial charge in [0.05, 0.1) is 13.1 Å². The number of carbonyl (C=O) groups excluding carboxylic acids is 2. The molecule has 2 aliphatic carbocycles. The first kappa shape index (κ1) is 17.7. The van der Waals surface area contributed by atoms with Crippen LogP contribution in [0.2, 0.25) is 0 Å². The standard InChI is InChI=1S/C18H32N4O2/c1-13-9-22(18(24)12-20(4)16-7-8-16)14(2)10-21(13)17(23)11-19(3)15-5-6-15/h13-16H,5-12H2,1-4H3. The summed E-state index contributed by atoms with van der Waals surface area (Å²) in [6.07, 6.45) is 4.86. The van der Waals surface area contributed by atoms with Crippen molar-refractivity contribution in [3.63, 3.8) is 0 Å². The maximum atomic E-state index is 12.6. The van der Waals surface area contributed by atoms with E-state index in [4.69, 9.17) is 0 Å². The van der Waals surface area contributed by atoms with Crippen molar-refractivity contribution < 1.29 is 9.59 Å². The van der Waals surface area contributed by atoms with Gasteiger partial charge in [0.25, 0.3) is 0 Å². The highest BCUT2D eigenvalue weighted by Crippen LogP contribution is 2.26. The summed E-state index contributed by atoms with van der Waals surface area (Å²) >= 11 is 0. The predicted octanol–water partition coefficient (Wildman–Crippen LogP) is 0.623. The van der Waals surface area contributed by atoms with Crippen LogP contribution in [0.3, 0.4) is 0 Å². The van der Waals surface area contributed by atoms with Gasteiger partial charge in [0.2, 0.25) is 11.8 Å². The number of hydrogen-bond donors (Lipinski definition) is 0. The molecule has 2 saturated carbocycles. The summed E-state index contributed by atoms with van der Waals surface area (Å²) in [7, 11) is 4.08. The summed E-state index contributed by atoms with van der Waals surface area (Å²) in [5.74, 6) is 0.400. The van der Waals surface area contributed by atoms with Crippen molar-refractivity contribution in [1.29, 1.82) is 0 Å². The lowest BCUT2D eigenvalue weighted by Gasteiger charge is -2.45. The molecule has 1 heterocycles. The van der Waals surface area contributed by atoms with Gasteiger partial charge in [0.1, 0.15) is 0 Å². The third kappa shape index (κ3) is 4.09. The molecule has 0 spiro atoms. The second-order valence-electron chi connectivity index (χ2n) is 8.08. The highest BCUT2D eigenvalue weighted by Gasteiger charge is 2.37. The van der Waals surface area contributed by atoms with Gasteiger partial charge in [-0.1, -0.05) is 0 Å². The van der Waals surface area contributed by atoms with Crippen molar-refractivity contribution in [2.75, 3.05) is 40.3 Å². The summed E-state index contributed by atoms with van der Waals surface area (Å²) in [6.45, 7) is 6.42. The van der Waals surface area contributed by atoms with E-state index in [0.29, 0.717) is 38.3 Å². The van der Waals surface area contributed by atoms with Crippen molar-refractivity contribution in [3.05, 3.63) is 0 Å². The summed E-state index contributed by atoms with van der Waals surface area (Å²) in [4.78, 5) is 33.5. The van der Waals surface area contributed by atoms with Crippen molar-refractivity contribution in [2.24, 2.45) is 0 Å². The van der Waals surface area contributed by atoms with Gasteiger partial charge in [-0.3, -0.25) is 19.4 Å². The van der Waals surface area contributed by atoms with Crippen LogP contribution in [0.1, 0.15) is 39.5 Å². The van der Waals surface area contributed by atoms with Crippen LogP contribution in [-0.4, -0.2) is 95.9 Å². The minimum Gasteiger partial charge on any atom is -0.335 e. The molecule has 136 valence electrons. The number of hydrogen-bond acceptors (Lipinski definition) is 4. The van der Waals surface area contributed by atoms with Gasteiger partial charge >= 0.3 is 0 Å². The van der Waals surface area contributed by atoms with Gasteiger partial charge < -0.3 is 9.80 Å². The molecule has 3 rings (SSSR count). The molecule has 0 N–H and O–H groups in total. The van der Waals surface area contributed by atoms with E-state index in [1.807, 2.05) is 23.9 Å². The van der Waals surface area contributed by atoms with E-state index in [9.17, 15) is 9.59 Å². The Morgan fingerprint density at radius 1 is 0.792 bits per heavy atom. The lowest BCUT2D eigenvalue weighted by atomic mass is 10.1. The molecule has 0 aromatic rings. The smallest absolute Gasteiger partial charge is 0.237 e. The molecule has 0 bridgehead atoms. The molecule has 3 fully saturated rings. The topological polar surface area (TPSA) is 47.1 Å². The molecule has 0 aromatic heterocycles. The quantitative estimate of drug-likeness (QED) is 0.714. The van der Waals surface area contributed by atoms with Gasteiger partial charge in [-0.15, -0.1) is 0 Å². The van der Waals surface area contributed by atoms with Crippen LogP contribution in [-0.2, 0) is 9.59 Å². The van der Waals surface area contributed by atoms with Gasteiger partial charge in [-0.2, -0.15) is 0 Å². The Kier molecular flexibility index (Phi) is 5.16. The summed E-state index contributed by atoms with van der Waals surface area (Å²) < 4.78 is 0. The van der Waals surface area contributed by atoms with Crippen LogP contribution < -0.4 is 0 Å². The summed E-state index contributed by atoms with van der Waals surface area (Å²) in [5.41, 5.74) is 0. The fourth-order valence-electron chi connectivity index (χ4n) is 3.72. The maximum Gasteiger partial charge on any atom is 0.237 e. The van der Waals surface area contributed by atoms with E-state index in [-0.39, 0.29) is 23.9 Å². The third-order valence-corrected chi connectivity index (χ3v) is 5.74. The van der Waals surface area contributed by atoms with E-state index in [1.54, 1.807) is 0 Å². The number of likely N-dealkylation sites (N-methyl/N-ethyl adjacent to an activating group) is 2. The highest BCUT2D eigenvalue weighted by atomic mass is 16.2. The van der Waals surface area contributed by atoms with E-state index in [1.165, 1.54) is 25.7 Å².